The van der Waals surface area contributed by atoms with Gasteiger partial charge in [-0.3, -0.25) is 0 Å². The second kappa shape index (κ2) is 5.21. The first-order valence-corrected chi connectivity index (χ1v) is 5.87. The van der Waals surface area contributed by atoms with E-state index in [1.54, 1.807) is 7.11 Å². The molecular weight excluding hydrogens is 200 g/mol. The zero-order valence-corrected chi connectivity index (χ0v) is 10.1. The van der Waals surface area contributed by atoms with E-state index in [-0.39, 0.29) is 0 Å². The highest BCUT2D eigenvalue weighted by Crippen LogP contribution is 2.21. The van der Waals surface area contributed by atoms with E-state index in [4.69, 9.17) is 4.74 Å². The molecule has 1 fully saturated rings. The van der Waals surface area contributed by atoms with Gasteiger partial charge in [0.2, 0.25) is 0 Å². The maximum absolute atomic E-state index is 5.26. The molecule has 0 bridgehead atoms. The molecular formula is C13H20N2O. The molecule has 3 nitrogen and oxygen atoms in total. The van der Waals surface area contributed by atoms with Crippen molar-refractivity contribution < 1.29 is 4.74 Å². The molecule has 1 saturated heterocycles. The van der Waals surface area contributed by atoms with Gasteiger partial charge >= 0.3 is 0 Å². The molecule has 1 aromatic carbocycles. The van der Waals surface area contributed by atoms with Crippen LogP contribution in [0, 0.1) is 0 Å². The van der Waals surface area contributed by atoms with Gasteiger partial charge in [-0.15, -0.1) is 0 Å². The second-order valence-electron chi connectivity index (χ2n) is 4.35. The number of ether oxygens (including phenoxy) is 1. The summed E-state index contributed by atoms with van der Waals surface area (Å²) in [5.74, 6) is 0.940. The van der Waals surface area contributed by atoms with Crippen molar-refractivity contribution in [3.05, 3.63) is 24.3 Å². The fraction of sp³-hybridized carbons (Fsp3) is 0.538. The minimum Gasteiger partial charge on any atom is -0.497 e. The van der Waals surface area contributed by atoms with Crippen molar-refractivity contribution in [1.82, 2.24) is 4.90 Å². The molecule has 0 spiro atoms. The van der Waals surface area contributed by atoms with Crippen LogP contribution in [0.3, 0.4) is 0 Å². The van der Waals surface area contributed by atoms with Gasteiger partial charge < -0.3 is 14.5 Å². The molecule has 0 unspecified atom stereocenters. The minimum absolute atomic E-state index is 0.940. The summed E-state index contributed by atoms with van der Waals surface area (Å²) in [5.41, 5.74) is 1.27. The molecule has 3 heteroatoms. The Balaban J connectivity index is 2.10. The van der Waals surface area contributed by atoms with Gasteiger partial charge in [-0.2, -0.15) is 0 Å². The molecule has 0 atom stereocenters. The molecule has 2 rings (SSSR count). The van der Waals surface area contributed by atoms with Crippen LogP contribution in [0.1, 0.15) is 6.42 Å². The summed E-state index contributed by atoms with van der Waals surface area (Å²) in [4.78, 5) is 4.83. The summed E-state index contributed by atoms with van der Waals surface area (Å²) in [6, 6.07) is 8.33. The lowest BCUT2D eigenvalue weighted by atomic mass is 10.2. The topological polar surface area (TPSA) is 15.7 Å². The van der Waals surface area contributed by atoms with Crippen LogP contribution in [0.4, 0.5) is 5.69 Å². The van der Waals surface area contributed by atoms with Gasteiger partial charge in [0.1, 0.15) is 5.75 Å². The SMILES string of the molecule is COc1cccc(N2CCCN(C)CC2)c1. The molecule has 0 N–H and O–H groups in total. The fourth-order valence-electron chi connectivity index (χ4n) is 2.11. The highest BCUT2D eigenvalue weighted by atomic mass is 16.5. The molecule has 0 radical (unpaired) electrons. The molecule has 1 aliphatic heterocycles. The van der Waals surface area contributed by atoms with Crippen molar-refractivity contribution in [3.8, 4) is 5.75 Å². The van der Waals surface area contributed by atoms with E-state index >= 15 is 0 Å². The van der Waals surface area contributed by atoms with Crippen LogP contribution >= 0.6 is 0 Å². The maximum Gasteiger partial charge on any atom is 0.120 e. The Labute approximate surface area is 97.6 Å². The minimum atomic E-state index is 0.940. The standard InChI is InChI=1S/C13H20N2O/c1-14-7-4-8-15(10-9-14)12-5-3-6-13(11-12)16-2/h3,5-6,11H,4,7-10H2,1-2H3. The van der Waals surface area contributed by atoms with Gasteiger partial charge in [0, 0.05) is 31.4 Å². The quantitative estimate of drug-likeness (QED) is 0.756. The Hall–Kier alpha value is -1.22. The first-order chi connectivity index (χ1) is 7.79. The van der Waals surface area contributed by atoms with Crippen molar-refractivity contribution in [3.63, 3.8) is 0 Å². The zero-order chi connectivity index (χ0) is 11.4. The first kappa shape index (κ1) is 11.3. The second-order valence-corrected chi connectivity index (χ2v) is 4.35. The Bertz CT molecular complexity index is 340. The summed E-state index contributed by atoms with van der Waals surface area (Å²) in [6.07, 6.45) is 1.23. The van der Waals surface area contributed by atoms with Crippen molar-refractivity contribution in [2.75, 3.05) is 45.2 Å². The van der Waals surface area contributed by atoms with Crippen molar-refractivity contribution in [2.45, 2.75) is 6.42 Å². The van der Waals surface area contributed by atoms with Gasteiger partial charge in [0.25, 0.3) is 0 Å². The van der Waals surface area contributed by atoms with E-state index < -0.39 is 0 Å². The number of rotatable bonds is 2. The van der Waals surface area contributed by atoms with Crippen molar-refractivity contribution in [2.24, 2.45) is 0 Å². The third-order valence-electron chi connectivity index (χ3n) is 3.14. The molecule has 0 aliphatic carbocycles. The normalized spacial score (nSPS) is 18.2. The number of hydrogen-bond donors (Lipinski definition) is 0. The van der Waals surface area contributed by atoms with E-state index in [9.17, 15) is 0 Å². The van der Waals surface area contributed by atoms with E-state index in [1.165, 1.54) is 18.7 Å². The Kier molecular flexibility index (Phi) is 3.67. The molecule has 0 saturated carbocycles. The average Bonchev–Trinajstić information content (AvgIpc) is 2.54. The lowest BCUT2D eigenvalue weighted by Gasteiger charge is -2.23. The predicted octanol–water partition coefficient (Wildman–Crippen LogP) is 1.84. The highest BCUT2D eigenvalue weighted by Gasteiger charge is 2.12. The van der Waals surface area contributed by atoms with Gasteiger partial charge in [-0.1, -0.05) is 6.07 Å². The van der Waals surface area contributed by atoms with Crippen LogP contribution in [0.5, 0.6) is 5.75 Å². The molecule has 0 amide bonds. The number of methoxy groups -OCH3 is 1. The van der Waals surface area contributed by atoms with Gasteiger partial charge in [0.05, 0.1) is 7.11 Å². The smallest absolute Gasteiger partial charge is 0.120 e. The number of benzene rings is 1. The van der Waals surface area contributed by atoms with Crippen LogP contribution < -0.4 is 9.64 Å². The van der Waals surface area contributed by atoms with Crippen LogP contribution in [-0.2, 0) is 0 Å². The number of hydrogen-bond acceptors (Lipinski definition) is 3. The predicted molar refractivity (Wildman–Crippen MR) is 67.3 cm³/mol. The van der Waals surface area contributed by atoms with Gasteiger partial charge in [0.15, 0.2) is 0 Å². The summed E-state index contributed by atoms with van der Waals surface area (Å²) >= 11 is 0. The summed E-state index contributed by atoms with van der Waals surface area (Å²) in [5, 5.41) is 0. The molecule has 0 aromatic heterocycles. The largest absolute Gasteiger partial charge is 0.497 e. The molecule has 16 heavy (non-hydrogen) atoms. The number of likely N-dealkylation sites (N-methyl/N-ethyl adjacent to an activating group) is 1. The average molecular weight is 220 g/mol. The molecule has 1 aromatic rings. The third-order valence-corrected chi connectivity index (χ3v) is 3.14. The van der Waals surface area contributed by atoms with Crippen LogP contribution in [0.15, 0.2) is 24.3 Å². The summed E-state index contributed by atoms with van der Waals surface area (Å²) in [6.45, 7) is 4.57. The van der Waals surface area contributed by atoms with E-state index in [0.717, 1.165) is 25.4 Å². The van der Waals surface area contributed by atoms with Crippen LogP contribution in [-0.4, -0.2) is 45.2 Å². The Morgan fingerprint density at radius 1 is 1.12 bits per heavy atom. The van der Waals surface area contributed by atoms with Crippen LogP contribution in [0.2, 0.25) is 0 Å². The summed E-state index contributed by atoms with van der Waals surface area (Å²) < 4.78 is 5.26. The van der Waals surface area contributed by atoms with E-state index in [1.807, 2.05) is 6.07 Å². The summed E-state index contributed by atoms with van der Waals surface area (Å²) in [7, 11) is 3.91. The lowest BCUT2D eigenvalue weighted by molar-refractivity contribution is 0.360. The van der Waals surface area contributed by atoms with E-state index in [0.29, 0.717) is 0 Å². The van der Waals surface area contributed by atoms with Gasteiger partial charge in [-0.05, 0) is 32.1 Å². The van der Waals surface area contributed by atoms with Gasteiger partial charge in [-0.25, -0.2) is 0 Å². The number of anilines is 1. The first-order valence-electron chi connectivity index (χ1n) is 5.87. The Morgan fingerprint density at radius 2 is 2.00 bits per heavy atom. The molecule has 88 valence electrons. The lowest BCUT2D eigenvalue weighted by Crippen LogP contribution is -2.28. The third kappa shape index (κ3) is 2.67. The van der Waals surface area contributed by atoms with Crippen LogP contribution in [0.25, 0.3) is 0 Å². The molecule has 1 aliphatic rings. The number of nitrogens with zero attached hydrogens (tertiary/aromatic N) is 2. The van der Waals surface area contributed by atoms with Crippen molar-refractivity contribution >= 4 is 5.69 Å². The zero-order valence-electron chi connectivity index (χ0n) is 10.1. The van der Waals surface area contributed by atoms with E-state index in [2.05, 4.69) is 35.0 Å². The monoisotopic (exact) mass is 220 g/mol. The fourth-order valence-corrected chi connectivity index (χ4v) is 2.11. The van der Waals surface area contributed by atoms with Crippen molar-refractivity contribution in [1.29, 1.82) is 0 Å². The maximum atomic E-state index is 5.26. The Morgan fingerprint density at radius 3 is 2.81 bits per heavy atom. The molecule has 1 heterocycles. The highest BCUT2D eigenvalue weighted by molar-refractivity contribution is 5.50.